The zero-order chi connectivity index (χ0) is 17.9. The van der Waals surface area contributed by atoms with E-state index < -0.39 is 10.0 Å². The highest BCUT2D eigenvalue weighted by Gasteiger charge is 2.26. The van der Waals surface area contributed by atoms with E-state index in [1.165, 1.54) is 0 Å². The fourth-order valence-corrected chi connectivity index (χ4v) is 3.45. The molecule has 8 nitrogen and oxygen atoms in total. The minimum absolute atomic E-state index is 0.108. The quantitative estimate of drug-likeness (QED) is 0.842. The van der Waals surface area contributed by atoms with Crippen molar-refractivity contribution in [2.45, 2.75) is 12.8 Å². The van der Waals surface area contributed by atoms with E-state index in [1.54, 1.807) is 15.8 Å². The van der Waals surface area contributed by atoms with Crippen LogP contribution in [0, 0.1) is 5.92 Å². The Labute approximate surface area is 146 Å². The van der Waals surface area contributed by atoms with Gasteiger partial charge in [0.15, 0.2) is 5.69 Å². The van der Waals surface area contributed by atoms with Crippen LogP contribution in [0.4, 0.5) is 0 Å². The summed E-state index contributed by atoms with van der Waals surface area (Å²) < 4.78 is 26.6. The second-order valence-electron chi connectivity index (χ2n) is 6.26. The first-order chi connectivity index (χ1) is 11.9. The number of carbonyl (C=O) groups is 1. The van der Waals surface area contributed by atoms with Crippen LogP contribution < -0.4 is 4.72 Å². The number of likely N-dealkylation sites (tertiary alicyclic amines) is 1. The maximum atomic E-state index is 12.7. The first kappa shape index (κ1) is 17.6. The zero-order valence-electron chi connectivity index (χ0n) is 14.0. The summed E-state index contributed by atoms with van der Waals surface area (Å²) >= 11 is 0. The Bertz CT molecular complexity index is 834. The lowest BCUT2D eigenvalue weighted by Crippen LogP contribution is -2.43. The number of hydrogen-bond acceptors (Lipinski definition) is 5. The number of carbonyl (C=O) groups excluding carboxylic acids is 1. The number of piperidine rings is 1. The van der Waals surface area contributed by atoms with Crippen molar-refractivity contribution in [1.29, 1.82) is 0 Å². The molecule has 1 fully saturated rings. The largest absolute Gasteiger partial charge is 0.337 e. The van der Waals surface area contributed by atoms with E-state index in [-0.39, 0.29) is 11.8 Å². The van der Waals surface area contributed by atoms with Crippen molar-refractivity contribution in [2.75, 3.05) is 25.9 Å². The van der Waals surface area contributed by atoms with Gasteiger partial charge in [0.25, 0.3) is 5.91 Å². The minimum Gasteiger partial charge on any atom is -0.337 e. The van der Waals surface area contributed by atoms with Gasteiger partial charge in [0.1, 0.15) is 0 Å². The van der Waals surface area contributed by atoms with Crippen molar-refractivity contribution in [2.24, 2.45) is 5.92 Å². The number of hydrogen-bond donors (Lipinski definition) is 1. The van der Waals surface area contributed by atoms with Gasteiger partial charge in [0.2, 0.25) is 10.0 Å². The molecule has 1 aromatic carbocycles. The monoisotopic (exact) mass is 363 g/mol. The Balaban J connectivity index is 1.65. The van der Waals surface area contributed by atoms with Crippen LogP contribution in [0.1, 0.15) is 23.3 Å². The van der Waals surface area contributed by atoms with Crippen molar-refractivity contribution in [3.8, 4) is 5.69 Å². The number of benzene rings is 1. The van der Waals surface area contributed by atoms with Gasteiger partial charge < -0.3 is 4.90 Å². The molecule has 1 aromatic heterocycles. The zero-order valence-corrected chi connectivity index (χ0v) is 14.8. The molecule has 1 N–H and O–H groups in total. The first-order valence-electron chi connectivity index (χ1n) is 8.14. The molecule has 0 bridgehead atoms. The highest BCUT2D eigenvalue weighted by Crippen LogP contribution is 2.18. The molecule has 2 heterocycles. The van der Waals surface area contributed by atoms with Crippen molar-refractivity contribution in [3.63, 3.8) is 0 Å². The third-order valence-corrected chi connectivity index (χ3v) is 4.86. The van der Waals surface area contributed by atoms with Crippen molar-refractivity contribution >= 4 is 15.9 Å². The van der Waals surface area contributed by atoms with Crippen LogP contribution >= 0.6 is 0 Å². The van der Waals surface area contributed by atoms with E-state index in [0.717, 1.165) is 24.8 Å². The number of rotatable bonds is 5. The Morgan fingerprint density at radius 1 is 1.32 bits per heavy atom. The Morgan fingerprint density at radius 3 is 2.80 bits per heavy atom. The summed E-state index contributed by atoms with van der Waals surface area (Å²) in [6, 6.07) is 9.46. The van der Waals surface area contributed by atoms with Gasteiger partial charge in [-0.05, 0) is 30.9 Å². The lowest BCUT2D eigenvalue weighted by molar-refractivity contribution is 0.0670. The maximum Gasteiger partial charge on any atom is 0.276 e. The van der Waals surface area contributed by atoms with Crippen LogP contribution in [-0.2, 0) is 10.0 Å². The van der Waals surface area contributed by atoms with Crippen LogP contribution in [0.3, 0.4) is 0 Å². The molecule has 1 unspecified atom stereocenters. The van der Waals surface area contributed by atoms with E-state index in [2.05, 4.69) is 15.0 Å². The molecule has 1 atom stereocenters. The van der Waals surface area contributed by atoms with Crippen molar-refractivity contribution in [1.82, 2.24) is 24.6 Å². The van der Waals surface area contributed by atoms with E-state index in [4.69, 9.17) is 0 Å². The van der Waals surface area contributed by atoms with Gasteiger partial charge in [-0.15, -0.1) is 5.10 Å². The second-order valence-corrected chi connectivity index (χ2v) is 8.10. The molecule has 1 saturated heterocycles. The fourth-order valence-electron chi connectivity index (χ4n) is 2.92. The summed E-state index contributed by atoms with van der Waals surface area (Å²) in [5.41, 5.74) is 1.13. The van der Waals surface area contributed by atoms with Gasteiger partial charge in [-0.3, -0.25) is 4.79 Å². The van der Waals surface area contributed by atoms with E-state index in [1.807, 2.05) is 30.3 Å². The van der Waals surface area contributed by atoms with E-state index in [0.29, 0.717) is 25.3 Å². The molecule has 9 heteroatoms. The molecule has 0 spiro atoms. The van der Waals surface area contributed by atoms with Gasteiger partial charge in [-0.1, -0.05) is 23.4 Å². The SMILES string of the molecule is CS(=O)(=O)NCC1CCCN(C(=O)c2cn(-c3ccccc3)nn2)C1. The molecule has 2 aromatic rings. The van der Waals surface area contributed by atoms with Crippen LogP contribution in [-0.4, -0.2) is 60.1 Å². The van der Waals surface area contributed by atoms with Gasteiger partial charge in [0, 0.05) is 19.6 Å². The standard InChI is InChI=1S/C16H21N5O3S/c1-25(23,24)17-10-13-6-5-9-20(11-13)16(22)15-12-21(19-18-15)14-7-3-2-4-8-14/h2-4,7-8,12-13,17H,5-6,9-11H2,1H3. The Hall–Kier alpha value is -2.26. The molecule has 0 saturated carbocycles. The minimum atomic E-state index is -3.22. The number of nitrogens with one attached hydrogen (secondary N) is 1. The van der Waals surface area contributed by atoms with Crippen LogP contribution in [0.2, 0.25) is 0 Å². The summed E-state index contributed by atoms with van der Waals surface area (Å²) in [6.07, 6.45) is 4.49. The maximum absolute atomic E-state index is 12.7. The molecule has 134 valence electrons. The van der Waals surface area contributed by atoms with E-state index in [9.17, 15) is 13.2 Å². The predicted octanol–water partition coefficient (Wildman–Crippen LogP) is 0.669. The molecule has 3 rings (SSSR count). The third-order valence-electron chi connectivity index (χ3n) is 4.17. The van der Waals surface area contributed by atoms with Crippen LogP contribution in [0.5, 0.6) is 0 Å². The smallest absolute Gasteiger partial charge is 0.276 e. The van der Waals surface area contributed by atoms with Gasteiger partial charge in [-0.25, -0.2) is 17.8 Å². The second kappa shape index (κ2) is 7.32. The third kappa shape index (κ3) is 4.64. The average molecular weight is 363 g/mol. The first-order valence-corrected chi connectivity index (χ1v) is 10.0. The summed E-state index contributed by atoms with van der Waals surface area (Å²) in [5.74, 6) is -0.0668. The highest BCUT2D eigenvalue weighted by atomic mass is 32.2. The molecule has 1 aliphatic heterocycles. The molecule has 1 aliphatic rings. The van der Waals surface area contributed by atoms with Crippen molar-refractivity contribution in [3.05, 3.63) is 42.2 Å². The molecule has 0 radical (unpaired) electrons. The number of nitrogens with zero attached hydrogens (tertiary/aromatic N) is 4. The van der Waals surface area contributed by atoms with Gasteiger partial charge >= 0.3 is 0 Å². The predicted molar refractivity (Wildman–Crippen MR) is 92.8 cm³/mol. The number of aromatic nitrogens is 3. The van der Waals surface area contributed by atoms with E-state index >= 15 is 0 Å². The molecular weight excluding hydrogens is 342 g/mol. The fraction of sp³-hybridized carbons (Fsp3) is 0.438. The topological polar surface area (TPSA) is 97.2 Å². The van der Waals surface area contributed by atoms with Gasteiger partial charge in [0.05, 0.1) is 18.1 Å². The lowest BCUT2D eigenvalue weighted by Gasteiger charge is -2.32. The van der Waals surface area contributed by atoms with Gasteiger partial charge in [-0.2, -0.15) is 0 Å². The molecule has 1 amide bonds. The van der Waals surface area contributed by atoms with Crippen LogP contribution in [0.15, 0.2) is 36.5 Å². The highest BCUT2D eigenvalue weighted by molar-refractivity contribution is 7.88. The number of para-hydroxylation sites is 1. The average Bonchev–Trinajstić information content (AvgIpc) is 3.10. The summed E-state index contributed by atoms with van der Waals surface area (Å²) in [5, 5.41) is 8.01. The number of sulfonamides is 1. The van der Waals surface area contributed by atoms with Crippen LogP contribution in [0.25, 0.3) is 5.69 Å². The summed E-state index contributed by atoms with van der Waals surface area (Å²) in [7, 11) is -3.22. The summed E-state index contributed by atoms with van der Waals surface area (Å²) in [6.45, 7) is 1.51. The van der Waals surface area contributed by atoms with Crippen molar-refractivity contribution < 1.29 is 13.2 Å². The molecule has 25 heavy (non-hydrogen) atoms. The summed E-state index contributed by atoms with van der Waals surface area (Å²) in [4.78, 5) is 14.4. The Kier molecular flexibility index (Phi) is 5.14. The molecular formula is C16H21N5O3S. The lowest BCUT2D eigenvalue weighted by atomic mass is 9.98. The Morgan fingerprint density at radius 2 is 2.08 bits per heavy atom. The number of amides is 1. The molecule has 0 aliphatic carbocycles. The normalized spacial score (nSPS) is 18.3.